The average Bonchev–Trinajstić information content (AvgIpc) is 2.90. The molecule has 1 rings (SSSR count). The van der Waals surface area contributed by atoms with E-state index in [0.717, 1.165) is 18.1 Å². The normalized spacial score (nSPS) is 22.9. The molecular formula is C33H62O7Si2. The molecule has 0 radical (unpaired) electrons. The monoisotopic (exact) mass is 626 g/mol. The summed E-state index contributed by atoms with van der Waals surface area (Å²) in [5, 5.41) is 11.5. The lowest BCUT2D eigenvalue weighted by Gasteiger charge is -2.45. The highest BCUT2D eigenvalue weighted by atomic mass is 28.4. The zero-order chi connectivity index (χ0) is 32.6. The van der Waals surface area contributed by atoms with E-state index in [4.69, 9.17) is 18.3 Å². The van der Waals surface area contributed by atoms with E-state index in [2.05, 4.69) is 62.3 Å². The van der Waals surface area contributed by atoms with Crippen molar-refractivity contribution >= 4 is 28.4 Å². The zero-order valence-electron chi connectivity index (χ0n) is 29.1. The number of hydrogen-bond donors (Lipinski definition) is 1. The van der Waals surface area contributed by atoms with Gasteiger partial charge in [-0.25, -0.2) is 4.79 Å². The van der Waals surface area contributed by atoms with Gasteiger partial charge in [-0.1, -0.05) is 82.2 Å². The molecule has 1 N–H and O–H groups in total. The molecular weight excluding hydrogens is 565 g/mol. The van der Waals surface area contributed by atoms with Crippen molar-refractivity contribution in [1.82, 2.24) is 0 Å². The molecule has 9 heteroatoms. The average molecular weight is 627 g/mol. The van der Waals surface area contributed by atoms with Crippen LogP contribution in [0.2, 0.25) is 34.8 Å². The van der Waals surface area contributed by atoms with Crippen molar-refractivity contribution in [2.75, 3.05) is 13.2 Å². The molecule has 42 heavy (non-hydrogen) atoms. The standard InChI is InChI=1S/C33H62O7Si2/c1-15-37-32(35)26(12)19-25(11)30(40-41(16-2,17-3)18-4)27(13)31-29(34)20-28(33(14,36)39-31)21-38-42(22(5)6,23(7)8)24(9)10/h19-20,22-25,27,30-31,36H,15-18,21H2,1-14H3/b26-19+/t25-,27-,30-,31+,33?/m1/s1. The Balaban J connectivity index is 3.45. The van der Waals surface area contributed by atoms with Gasteiger partial charge in [0.05, 0.1) is 19.3 Å². The van der Waals surface area contributed by atoms with Gasteiger partial charge in [-0.2, -0.15) is 0 Å². The summed E-state index contributed by atoms with van der Waals surface area (Å²) in [7, 11) is -4.32. The summed E-state index contributed by atoms with van der Waals surface area (Å²) >= 11 is 0. The van der Waals surface area contributed by atoms with Crippen LogP contribution in [0.1, 0.15) is 96.9 Å². The Hall–Kier alpha value is -1.11. The summed E-state index contributed by atoms with van der Waals surface area (Å²) < 4.78 is 25.2. The van der Waals surface area contributed by atoms with Crippen molar-refractivity contribution in [3.8, 4) is 0 Å². The third-order valence-corrected chi connectivity index (χ3v) is 20.4. The van der Waals surface area contributed by atoms with Crippen molar-refractivity contribution in [1.29, 1.82) is 0 Å². The van der Waals surface area contributed by atoms with E-state index in [1.807, 2.05) is 19.9 Å². The quantitative estimate of drug-likeness (QED) is 0.0995. The third-order valence-electron chi connectivity index (χ3n) is 9.68. The van der Waals surface area contributed by atoms with Gasteiger partial charge in [-0.3, -0.25) is 4.79 Å². The molecule has 1 heterocycles. The highest BCUT2D eigenvalue weighted by Gasteiger charge is 2.48. The Bertz CT molecular complexity index is 920. The van der Waals surface area contributed by atoms with Crippen LogP contribution in [0.4, 0.5) is 0 Å². The van der Waals surface area contributed by atoms with Gasteiger partial charge >= 0.3 is 5.97 Å². The first kappa shape index (κ1) is 38.9. The summed E-state index contributed by atoms with van der Waals surface area (Å²) in [5.41, 5.74) is 2.10. The van der Waals surface area contributed by atoms with E-state index >= 15 is 0 Å². The van der Waals surface area contributed by atoms with Crippen LogP contribution in [0.3, 0.4) is 0 Å². The fourth-order valence-corrected chi connectivity index (χ4v) is 15.4. The lowest BCUT2D eigenvalue weighted by atomic mass is 9.84. The van der Waals surface area contributed by atoms with E-state index in [-0.39, 0.29) is 36.3 Å². The van der Waals surface area contributed by atoms with Gasteiger partial charge in [-0.05, 0) is 61.6 Å². The molecule has 0 aromatic carbocycles. The number of ether oxygens (including phenoxy) is 2. The number of rotatable bonds is 17. The molecule has 0 aliphatic carbocycles. The molecule has 0 aromatic rings. The molecule has 1 unspecified atom stereocenters. The van der Waals surface area contributed by atoms with Gasteiger partial charge in [0.1, 0.15) is 6.10 Å². The van der Waals surface area contributed by atoms with Gasteiger partial charge in [-0.15, -0.1) is 0 Å². The molecule has 1 aliphatic heterocycles. The summed E-state index contributed by atoms with van der Waals surface area (Å²) in [6.45, 7) is 29.4. The summed E-state index contributed by atoms with van der Waals surface area (Å²) in [4.78, 5) is 26.1. The minimum Gasteiger partial charge on any atom is -0.463 e. The first-order chi connectivity index (χ1) is 19.4. The maximum Gasteiger partial charge on any atom is 0.333 e. The lowest BCUT2D eigenvalue weighted by Crippen LogP contribution is -2.54. The molecule has 0 saturated heterocycles. The van der Waals surface area contributed by atoms with E-state index in [0.29, 0.717) is 34.4 Å². The smallest absolute Gasteiger partial charge is 0.333 e. The molecule has 0 bridgehead atoms. The van der Waals surface area contributed by atoms with Gasteiger partial charge < -0.3 is 23.4 Å². The number of aliphatic hydroxyl groups is 1. The topological polar surface area (TPSA) is 91.3 Å². The van der Waals surface area contributed by atoms with Crippen molar-refractivity contribution in [3.05, 3.63) is 23.3 Å². The molecule has 0 aromatic heterocycles. The highest BCUT2D eigenvalue weighted by Crippen LogP contribution is 2.43. The highest BCUT2D eigenvalue weighted by molar-refractivity contribution is 6.77. The van der Waals surface area contributed by atoms with Gasteiger partial charge in [0.15, 0.2) is 19.9 Å². The molecule has 1 aliphatic rings. The van der Waals surface area contributed by atoms with Gasteiger partial charge in [0.2, 0.25) is 8.32 Å². The second kappa shape index (κ2) is 16.3. The number of hydrogen-bond acceptors (Lipinski definition) is 7. The second-order valence-corrected chi connectivity index (χ2v) is 23.5. The van der Waals surface area contributed by atoms with Crippen molar-refractivity contribution in [2.45, 2.75) is 150 Å². The Morgan fingerprint density at radius 3 is 1.93 bits per heavy atom. The van der Waals surface area contributed by atoms with Crippen LogP contribution in [-0.2, 0) is 27.9 Å². The third kappa shape index (κ3) is 8.97. The minimum atomic E-state index is -2.22. The van der Waals surface area contributed by atoms with Crippen LogP contribution in [0, 0.1) is 11.8 Å². The molecule has 5 atom stereocenters. The minimum absolute atomic E-state index is 0.163. The molecule has 0 fully saturated rings. The van der Waals surface area contributed by atoms with Crippen LogP contribution < -0.4 is 0 Å². The molecule has 7 nitrogen and oxygen atoms in total. The maximum atomic E-state index is 13.7. The van der Waals surface area contributed by atoms with Crippen LogP contribution in [0.15, 0.2) is 23.3 Å². The molecule has 0 spiro atoms. The van der Waals surface area contributed by atoms with Crippen molar-refractivity contribution in [2.24, 2.45) is 11.8 Å². The first-order valence-corrected chi connectivity index (χ1v) is 20.9. The molecule has 244 valence electrons. The second-order valence-electron chi connectivity index (χ2n) is 13.3. The Morgan fingerprint density at radius 2 is 1.50 bits per heavy atom. The largest absolute Gasteiger partial charge is 0.463 e. The molecule has 0 amide bonds. The first-order valence-electron chi connectivity index (χ1n) is 16.2. The Labute approximate surface area is 259 Å². The van der Waals surface area contributed by atoms with Crippen molar-refractivity contribution in [3.63, 3.8) is 0 Å². The van der Waals surface area contributed by atoms with Crippen LogP contribution in [0.5, 0.6) is 0 Å². The zero-order valence-corrected chi connectivity index (χ0v) is 31.1. The Morgan fingerprint density at radius 1 is 1.00 bits per heavy atom. The van der Waals surface area contributed by atoms with Crippen molar-refractivity contribution < 1.29 is 33.0 Å². The maximum absolute atomic E-state index is 13.7. The summed E-state index contributed by atoms with van der Waals surface area (Å²) in [6.07, 6.45) is 2.14. The lowest BCUT2D eigenvalue weighted by molar-refractivity contribution is -0.216. The van der Waals surface area contributed by atoms with Crippen LogP contribution >= 0.6 is 0 Å². The van der Waals surface area contributed by atoms with E-state index < -0.39 is 28.5 Å². The summed E-state index contributed by atoms with van der Waals surface area (Å²) in [6, 6.07) is 2.84. The number of carbonyl (C=O) groups excluding carboxylic acids is 2. The predicted octanol–water partition coefficient (Wildman–Crippen LogP) is 7.95. The molecule has 0 saturated carbocycles. The van der Waals surface area contributed by atoms with E-state index in [9.17, 15) is 14.7 Å². The van der Waals surface area contributed by atoms with Crippen LogP contribution in [0.25, 0.3) is 0 Å². The summed E-state index contributed by atoms with van der Waals surface area (Å²) in [5.74, 6) is -2.77. The number of carbonyl (C=O) groups is 2. The number of esters is 1. The van der Waals surface area contributed by atoms with E-state index in [1.54, 1.807) is 20.8 Å². The van der Waals surface area contributed by atoms with Crippen LogP contribution in [-0.4, -0.2) is 64.7 Å². The van der Waals surface area contributed by atoms with E-state index in [1.165, 1.54) is 6.08 Å². The number of ketones is 1. The fraction of sp³-hybridized carbons (Fsp3) is 0.818. The predicted molar refractivity (Wildman–Crippen MR) is 176 cm³/mol. The Kier molecular flexibility index (Phi) is 15.1. The fourth-order valence-electron chi connectivity index (χ4n) is 6.97. The SMILES string of the molecule is CCOC(=O)/C(C)=C/[C@@H](C)[C@@H](O[Si](CC)(CC)CC)[C@@H](C)[C@@H]1OC(C)(O)C(CO[Si](C(C)C)(C(C)C)C(C)C)=CC1=O. The van der Waals surface area contributed by atoms with Gasteiger partial charge in [0, 0.05) is 23.0 Å². The van der Waals surface area contributed by atoms with Gasteiger partial charge in [0.25, 0.3) is 0 Å².